The molecular formula is C30H33Cl2FN4O4. The number of hydrogen-bond donors (Lipinski definition) is 3. The second kappa shape index (κ2) is 13.5. The molecule has 0 aliphatic carbocycles. The highest BCUT2D eigenvalue weighted by atomic mass is 35.5. The van der Waals surface area contributed by atoms with Crippen molar-refractivity contribution in [1.82, 2.24) is 9.80 Å². The predicted octanol–water partition coefficient (Wildman–Crippen LogP) is 6.13. The number of carbonyl (C=O) groups excluding carboxylic acids is 2. The molecule has 3 atom stereocenters. The first-order valence-corrected chi connectivity index (χ1v) is 14.0. The fourth-order valence-corrected chi connectivity index (χ4v) is 5.02. The Hall–Kier alpha value is -3.37. The predicted molar refractivity (Wildman–Crippen MR) is 159 cm³/mol. The van der Waals surface area contributed by atoms with Crippen LogP contribution in [-0.2, 0) is 6.54 Å². The van der Waals surface area contributed by atoms with Crippen molar-refractivity contribution < 1.29 is 23.8 Å². The Morgan fingerprint density at radius 1 is 1.15 bits per heavy atom. The minimum atomic E-state index is -0.579. The van der Waals surface area contributed by atoms with E-state index in [0.29, 0.717) is 41.1 Å². The van der Waals surface area contributed by atoms with E-state index in [1.807, 2.05) is 26.1 Å². The number of para-hydroxylation sites is 1. The van der Waals surface area contributed by atoms with E-state index in [4.69, 9.17) is 27.9 Å². The van der Waals surface area contributed by atoms with Crippen LogP contribution >= 0.6 is 23.2 Å². The lowest BCUT2D eigenvalue weighted by Gasteiger charge is -2.38. The molecule has 0 fully saturated rings. The van der Waals surface area contributed by atoms with Crippen LogP contribution in [0.3, 0.4) is 0 Å². The molecule has 41 heavy (non-hydrogen) atoms. The topological polar surface area (TPSA) is 94.1 Å². The molecular weight excluding hydrogens is 570 g/mol. The highest BCUT2D eigenvalue weighted by molar-refractivity contribution is 6.42. The Kier molecular flexibility index (Phi) is 10.1. The average molecular weight is 604 g/mol. The molecule has 1 aliphatic rings. The molecule has 0 spiro atoms. The zero-order chi connectivity index (χ0) is 29.7. The van der Waals surface area contributed by atoms with Gasteiger partial charge in [-0.1, -0.05) is 42.3 Å². The number of aliphatic hydroxyl groups excluding tert-OH is 1. The monoisotopic (exact) mass is 602 g/mol. The normalized spacial score (nSPS) is 17.8. The number of amides is 3. The van der Waals surface area contributed by atoms with E-state index < -0.39 is 17.9 Å². The molecule has 1 aliphatic heterocycles. The number of fused-ring (bicyclic) bond motifs is 1. The number of benzene rings is 3. The largest absolute Gasteiger partial charge is 0.486 e. The van der Waals surface area contributed by atoms with Crippen LogP contribution in [0.5, 0.6) is 5.75 Å². The molecule has 3 amide bonds. The Morgan fingerprint density at radius 2 is 1.88 bits per heavy atom. The van der Waals surface area contributed by atoms with Gasteiger partial charge in [-0.15, -0.1) is 0 Å². The van der Waals surface area contributed by atoms with Gasteiger partial charge in [0.05, 0.1) is 33.9 Å². The van der Waals surface area contributed by atoms with Crippen LogP contribution in [0.25, 0.3) is 0 Å². The van der Waals surface area contributed by atoms with E-state index in [-0.39, 0.29) is 35.8 Å². The molecule has 1 heterocycles. The van der Waals surface area contributed by atoms with Crippen molar-refractivity contribution in [2.45, 2.75) is 32.5 Å². The summed E-state index contributed by atoms with van der Waals surface area (Å²) in [5.41, 5.74) is 1.96. The van der Waals surface area contributed by atoms with Crippen LogP contribution in [0.2, 0.25) is 10.0 Å². The van der Waals surface area contributed by atoms with E-state index in [9.17, 15) is 19.1 Å². The second-order valence-electron chi connectivity index (χ2n) is 10.3. The van der Waals surface area contributed by atoms with E-state index in [0.717, 1.165) is 5.56 Å². The Morgan fingerprint density at radius 3 is 2.56 bits per heavy atom. The fourth-order valence-electron chi connectivity index (χ4n) is 4.70. The average Bonchev–Trinajstić information content (AvgIpc) is 2.94. The van der Waals surface area contributed by atoms with Gasteiger partial charge in [0.1, 0.15) is 11.9 Å². The third kappa shape index (κ3) is 7.68. The molecule has 218 valence electrons. The fraction of sp³-hybridized carbons (Fsp3) is 0.333. The van der Waals surface area contributed by atoms with Gasteiger partial charge in [-0.25, -0.2) is 9.18 Å². The summed E-state index contributed by atoms with van der Waals surface area (Å²) in [4.78, 5) is 30.2. The summed E-state index contributed by atoms with van der Waals surface area (Å²) in [5.74, 6) is -0.614. The van der Waals surface area contributed by atoms with Gasteiger partial charge in [0.15, 0.2) is 5.75 Å². The van der Waals surface area contributed by atoms with Crippen LogP contribution in [0.1, 0.15) is 29.8 Å². The van der Waals surface area contributed by atoms with Crippen molar-refractivity contribution in [2.24, 2.45) is 5.92 Å². The number of likely N-dealkylation sites (N-methyl/N-ethyl adjacent to an activating group) is 1. The first-order chi connectivity index (χ1) is 19.5. The Bertz CT molecular complexity index is 1390. The van der Waals surface area contributed by atoms with Crippen molar-refractivity contribution >= 4 is 46.5 Å². The van der Waals surface area contributed by atoms with E-state index >= 15 is 0 Å². The molecule has 0 saturated carbocycles. The molecule has 11 heteroatoms. The first-order valence-electron chi connectivity index (χ1n) is 13.2. The lowest BCUT2D eigenvalue weighted by Crippen LogP contribution is -2.49. The maximum absolute atomic E-state index is 13.7. The summed E-state index contributed by atoms with van der Waals surface area (Å²) in [6, 6.07) is 14.8. The van der Waals surface area contributed by atoms with E-state index in [1.165, 1.54) is 24.3 Å². The Balaban J connectivity index is 1.62. The van der Waals surface area contributed by atoms with Gasteiger partial charge in [-0.2, -0.15) is 0 Å². The van der Waals surface area contributed by atoms with Crippen LogP contribution in [0, 0.1) is 11.7 Å². The van der Waals surface area contributed by atoms with Crippen molar-refractivity contribution in [1.29, 1.82) is 0 Å². The molecule has 0 aromatic heterocycles. The number of halogens is 3. The number of nitrogens with one attached hydrogen (secondary N) is 2. The second-order valence-corrected chi connectivity index (χ2v) is 11.2. The van der Waals surface area contributed by atoms with Gasteiger partial charge >= 0.3 is 6.03 Å². The highest BCUT2D eigenvalue weighted by Gasteiger charge is 2.34. The smallest absolute Gasteiger partial charge is 0.323 e. The number of urea groups is 1. The zero-order valence-corrected chi connectivity index (χ0v) is 24.5. The minimum absolute atomic E-state index is 0.126. The summed E-state index contributed by atoms with van der Waals surface area (Å²) >= 11 is 12.3. The lowest BCUT2D eigenvalue weighted by molar-refractivity contribution is 0.0343. The van der Waals surface area contributed by atoms with E-state index in [2.05, 4.69) is 15.5 Å². The standard InChI is InChI=1S/C30H33Cl2FN4O4/c1-18-14-37(19(2)17-38)29(39)23-5-4-6-26(35-30(40)34-22-10-8-21(33)9-11-22)28(23)41-27(18)16-36(3)15-20-7-12-24(31)25(32)13-20/h4-13,18-19,27,38H,14-17H2,1-3H3,(H2,34,35,40)/t18-,19+,27-/m1/s1. The maximum Gasteiger partial charge on any atom is 0.323 e. The van der Waals surface area contributed by atoms with Gasteiger partial charge in [-0.05, 0) is 68.1 Å². The van der Waals surface area contributed by atoms with Crippen LogP contribution in [0.4, 0.5) is 20.6 Å². The number of aliphatic hydroxyl groups is 1. The molecule has 4 rings (SSSR count). The summed E-state index contributed by atoms with van der Waals surface area (Å²) < 4.78 is 19.8. The quantitative estimate of drug-likeness (QED) is 0.288. The lowest BCUT2D eigenvalue weighted by atomic mass is 9.99. The molecule has 0 unspecified atom stereocenters. The van der Waals surface area contributed by atoms with Crippen molar-refractivity contribution in [2.75, 3.05) is 37.4 Å². The van der Waals surface area contributed by atoms with Crippen LogP contribution in [0.15, 0.2) is 60.7 Å². The summed E-state index contributed by atoms with van der Waals surface area (Å²) in [6.07, 6.45) is -0.383. The Labute approximate surface area is 249 Å². The zero-order valence-electron chi connectivity index (χ0n) is 23.0. The van der Waals surface area contributed by atoms with Crippen molar-refractivity contribution in [3.8, 4) is 5.75 Å². The molecule has 3 aromatic carbocycles. The van der Waals surface area contributed by atoms with Gasteiger partial charge in [0.2, 0.25) is 0 Å². The number of anilines is 2. The van der Waals surface area contributed by atoms with Crippen molar-refractivity contribution in [3.05, 3.63) is 87.7 Å². The number of hydrogen-bond acceptors (Lipinski definition) is 5. The minimum Gasteiger partial charge on any atom is -0.486 e. The summed E-state index contributed by atoms with van der Waals surface area (Å²) in [7, 11) is 1.96. The third-order valence-corrected chi connectivity index (χ3v) is 7.71. The SMILES string of the molecule is C[C@@H]1CN([C@@H](C)CO)C(=O)c2cccc(NC(=O)Nc3ccc(F)cc3)c2O[C@@H]1CN(C)Cc1ccc(Cl)c(Cl)c1. The van der Waals surface area contributed by atoms with Gasteiger partial charge in [0.25, 0.3) is 5.91 Å². The van der Waals surface area contributed by atoms with Gasteiger partial charge in [-0.3, -0.25) is 9.69 Å². The molecule has 3 aromatic rings. The van der Waals surface area contributed by atoms with Crippen LogP contribution in [-0.4, -0.2) is 65.7 Å². The van der Waals surface area contributed by atoms with Crippen molar-refractivity contribution in [3.63, 3.8) is 0 Å². The van der Waals surface area contributed by atoms with Gasteiger partial charge in [0, 0.05) is 31.2 Å². The molecule has 0 radical (unpaired) electrons. The third-order valence-electron chi connectivity index (χ3n) is 6.97. The molecule has 0 saturated heterocycles. The number of rotatable bonds is 8. The number of nitrogens with zero attached hydrogens (tertiary/aromatic N) is 2. The first kappa shape index (κ1) is 30.6. The highest BCUT2D eigenvalue weighted by Crippen LogP contribution is 2.35. The number of carbonyl (C=O) groups is 2. The summed E-state index contributed by atoms with van der Waals surface area (Å²) in [5, 5.41) is 16.3. The summed E-state index contributed by atoms with van der Waals surface area (Å²) in [6.45, 7) is 5.02. The molecule has 0 bridgehead atoms. The van der Waals surface area contributed by atoms with E-state index in [1.54, 1.807) is 36.1 Å². The molecule has 3 N–H and O–H groups in total. The van der Waals surface area contributed by atoms with Crippen LogP contribution < -0.4 is 15.4 Å². The van der Waals surface area contributed by atoms with Gasteiger partial charge < -0.3 is 25.4 Å². The maximum atomic E-state index is 13.7. The molecule has 8 nitrogen and oxygen atoms in total. The number of ether oxygens (including phenoxy) is 1.